The van der Waals surface area contributed by atoms with E-state index in [0.717, 1.165) is 62.9 Å². The molecule has 1 saturated carbocycles. The largest absolute Gasteiger partial charge is 0.463 e. The monoisotopic (exact) mass is 380 g/mol. The smallest absolute Gasteiger partial charge is 0.331 e. The van der Waals surface area contributed by atoms with Crippen molar-refractivity contribution in [3.63, 3.8) is 0 Å². The first-order valence-corrected chi connectivity index (χ1v) is 10.3. The van der Waals surface area contributed by atoms with Crippen LogP contribution in [-0.2, 0) is 28.5 Å². The van der Waals surface area contributed by atoms with Gasteiger partial charge in [0.1, 0.15) is 0 Å². The summed E-state index contributed by atoms with van der Waals surface area (Å²) in [6.45, 7) is 7.81. The van der Waals surface area contributed by atoms with Crippen LogP contribution in [0.4, 0.5) is 0 Å². The lowest BCUT2D eigenvalue weighted by atomic mass is 9.85. The molecule has 2 saturated heterocycles. The molecule has 0 aromatic rings. The summed E-state index contributed by atoms with van der Waals surface area (Å²) in [5.74, 6) is -0.351. The fourth-order valence-corrected chi connectivity index (χ4v) is 3.80. The first-order chi connectivity index (χ1) is 13.2. The van der Waals surface area contributed by atoms with Gasteiger partial charge in [0.05, 0.1) is 18.8 Å². The summed E-state index contributed by atoms with van der Waals surface area (Å²) < 4.78 is 28.9. The molecule has 1 aliphatic carbocycles. The molecule has 0 bridgehead atoms. The van der Waals surface area contributed by atoms with Crippen LogP contribution in [0.3, 0.4) is 0 Å². The van der Waals surface area contributed by atoms with Gasteiger partial charge < -0.3 is 23.7 Å². The molecule has 0 N–H and O–H groups in total. The average Bonchev–Trinajstić information content (AvgIpc) is 2.67. The average molecular weight is 380 g/mol. The normalized spacial score (nSPS) is 33.8. The first kappa shape index (κ1) is 20.5. The molecule has 0 amide bonds. The standard InChI is InChI=1S/C21H32O6/c1-3-23-19(22)13-16-12-17(26-20-8-4-6-10-24-20)14-18(15(16)2)27-21-9-5-7-11-25-21/h13,17-18,20-21H,2-12,14H2,1H3. The Morgan fingerprint density at radius 1 is 1.11 bits per heavy atom. The quantitative estimate of drug-likeness (QED) is 0.518. The van der Waals surface area contributed by atoms with E-state index < -0.39 is 0 Å². The molecule has 6 heteroatoms. The lowest BCUT2D eigenvalue weighted by Crippen LogP contribution is -2.38. The third-order valence-corrected chi connectivity index (χ3v) is 5.24. The van der Waals surface area contributed by atoms with Gasteiger partial charge in [-0.1, -0.05) is 6.58 Å². The Labute approximate surface area is 161 Å². The van der Waals surface area contributed by atoms with Gasteiger partial charge in [0.2, 0.25) is 0 Å². The van der Waals surface area contributed by atoms with Gasteiger partial charge in [-0.05, 0) is 63.0 Å². The summed E-state index contributed by atoms with van der Waals surface area (Å²) >= 11 is 0. The summed E-state index contributed by atoms with van der Waals surface area (Å²) in [6.07, 6.45) is 8.32. The van der Waals surface area contributed by atoms with Crippen LogP contribution in [0, 0.1) is 0 Å². The zero-order valence-electron chi connectivity index (χ0n) is 16.3. The molecule has 3 aliphatic rings. The molecule has 6 nitrogen and oxygen atoms in total. The lowest BCUT2D eigenvalue weighted by molar-refractivity contribution is -0.212. The van der Waals surface area contributed by atoms with Crippen LogP contribution in [-0.4, -0.2) is 50.6 Å². The molecule has 4 atom stereocenters. The van der Waals surface area contributed by atoms with E-state index in [2.05, 4.69) is 6.58 Å². The number of hydrogen-bond acceptors (Lipinski definition) is 6. The highest BCUT2D eigenvalue weighted by molar-refractivity contribution is 5.83. The van der Waals surface area contributed by atoms with E-state index in [1.807, 2.05) is 0 Å². The Bertz CT molecular complexity index is 531. The molecular formula is C21H32O6. The van der Waals surface area contributed by atoms with Gasteiger partial charge in [0.15, 0.2) is 12.6 Å². The lowest BCUT2D eigenvalue weighted by Gasteiger charge is -2.37. The molecule has 4 unspecified atom stereocenters. The van der Waals surface area contributed by atoms with Crippen molar-refractivity contribution < 1.29 is 28.5 Å². The molecule has 0 radical (unpaired) electrons. The molecule has 3 rings (SSSR count). The fourth-order valence-electron chi connectivity index (χ4n) is 3.80. The van der Waals surface area contributed by atoms with Crippen LogP contribution < -0.4 is 0 Å². The van der Waals surface area contributed by atoms with Crippen molar-refractivity contribution in [3.8, 4) is 0 Å². The van der Waals surface area contributed by atoms with Crippen LogP contribution in [0.5, 0.6) is 0 Å². The summed E-state index contributed by atoms with van der Waals surface area (Å²) in [7, 11) is 0. The van der Waals surface area contributed by atoms with Crippen LogP contribution >= 0.6 is 0 Å². The third kappa shape index (κ3) is 6.14. The van der Waals surface area contributed by atoms with Gasteiger partial charge in [-0.25, -0.2) is 4.79 Å². The van der Waals surface area contributed by atoms with Crippen LogP contribution in [0.15, 0.2) is 23.8 Å². The molecule has 0 aromatic carbocycles. The van der Waals surface area contributed by atoms with Gasteiger partial charge in [0, 0.05) is 25.7 Å². The van der Waals surface area contributed by atoms with Crippen LogP contribution in [0.1, 0.15) is 58.3 Å². The molecule has 2 heterocycles. The van der Waals surface area contributed by atoms with Crippen molar-refractivity contribution in [1.29, 1.82) is 0 Å². The Hall–Kier alpha value is -1.21. The predicted octanol–water partition coefficient (Wildman–Crippen LogP) is 3.65. The maximum atomic E-state index is 12.0. The van der Waals surface area contributed by atoms with Crippen molar-refractivity contribution in [1.82, 2.24) is 0 Å². The van der Waals surface area contributed by atoms with E-state index in [1.165, 1.54) is 6.08 Å². The van der Waals surface area contributed by atoms with Crippen molar-refractivity contribution in [2.75, 3.05) is 19.8 Å². The van der Waals surface area contributed by atoms with E-state index >= 15 is 0 Å². The minimum Gasteiger partial charge on any atom is -0.463 e. The highest BCUT2D eigenvalue weighted by Gasteiger charge is 2.34. The number of esters is 1. The second kappa shape index (κ2) is 10.4. The Morgan fingerprint density at radius 2 is 1.78 bits per heavy atom. The molecular weight excluding hydrogens is 348 g/mol. The molecule has 0 spiro atoms. The Morgan fingerprint density at radius 3 is 2.37 bits per heavy atom. The Kier molecular flexibility index (Phi) is 7.88. The number of hydrogen-bond donors (Lipinski definition) is 0. The number of carbonyl (C=O) groups is 1. The molecule has 152 valence electrons. The second-order valence-electron chi connectivity index (χ2n) is 7.36. The summed E-state index contributed by atoms with van der Waals surface area (Å²) in [5.41, 5.74) is 1.66. The van der Waals surface area contributed by atoms with Gasteiger partial charge in [0.25, 0.3) is 0 Å². The SMILES string of the molecule is C=C1C(=CC(=O)OCC)CC(OC2CCCCO2)CC1OC1CCCCO1. The fraction of sp³-hybridized carbons (Fsp3) is 0.762. The van der Waals surface area contributed by atoms with Crippen LogP contribution in [0.25, 0.3) is 0 Å². The summed E-state index contributed by atoms with van der Waals surface area (Å²) in [4.78, 5) is 12.0. The highest BCUT2D eigenvalue weighted by atomic mass is 16.7. The van der Waals surface area contributed by atoms with E-state index in [0.29, 0.717) is 19.4 Å². The zero-order valence-corrected chi connectivity index (χ0v) is 16.3. The van der Waals surface area contributed by atoms with Gasteiger partial charge >= 0.3 is 5.97 Å². The molecule has 27 heavy (non-hydrogen) atoms. The third-order valence-electron chi connectivity index (χ3n) is 5.24. The van der Waals surface area contributed by atoms with Crippen molar-refractivity contribution >= 4 is 5.97 Å². The van der Waals surface area contributed by atoms with Gasteiger partial charge in [-0.15, -0.1) is 0 Å². The number of rotatable bonds is 6. The maximum absolute atomic E-state index is 12.0. The van der Waals surface area contributed by atoms with Crippen molar-refractivity contribution in [3.05, 3.63) is 23.8 Å². The maximum Gasteiger partial charge on any atom is 0.331 e. The zero-order chi connectivity index (χ0) is 19.1. The number of ether oxygens (including phenoxy) is 5. The minimum absolute atomic E-state index is 0.0760. The number of carbonyl (C=O) groups excluding carboxylic acids is 1. The molecule has 0 aromatic heterocycles. The summed E-state index contributed by atoms with van der Waals surface area (Å²) in [6, 6.07) is 0. The first-order valence-electron chi connectivity index (χ1n) is 10.3. The molecule has 2 aliphatic heterocycles. The van der Waals surface area contributed by atoms with E-state index in [4.69, 9.17) is 23.7 Å². The minimum atomic E-state index is -0.351. The van der Waals surface area contributed by atoms with E-state index in [9.17, 15) is 4.79 Å². The second-order valence-corrected chi connectivity index (χ2v) is 7.36. The predicted molar refractivity (Wildman–Crippen MR) is 100 cm³/mol. The topological polar surface area (TPSA) is 63.2 Å². The summed E-state index contributed by atoms with van der Waals surface area (Å²) in [5, 5.41) is 0. The van der Waals surface area contributed by atoms with Gasteiger partial charge in [-0.3, -0.25) is 0 Å². The van der Waals surface area contributed by atoms with Crippen molar-refractivity contribution in [2.45, 2.75) is 83.1 Å². The highest BCUT2D eigenvalue weighted by Crippen LogP contribution is 2.35. The van der Waals surface area contributed by atoms with Gasteiger partial charge in [-0.2, -0.15) is 0 Å². The Balaban J connectivity index is 1.68. The molecule has 3 fully saturated rings. The van der Waals surface area contributed by atoms with E-state index in [-0.39, 0.29) is 30.8 Å². The van der Waals surface area contributed by atoms with E-state index in [1.54, 1.807) is 6.92 Å². The van der Waals surface area contributed by atoms with Crippen molar-refractivity contribution in [2.24, 2.45) is 0 Å². The van der Waals surface area contributed by atoms with Crippen LogP contribution in [0.2, 0.25) is 0 Å².